The fourth-order valence-electron chi connectivity index (χ4n) is 3.54. The van der Waals surface area contributed by atoms with E-state index in [0.717, 1.165) is 13.1 Å². The summed E-state index contributed by atoms with van der Waals surface area (Å²) in [5, 5.41) is 22.7. The Bertz CT molecular complexity index is 1380. The molecular weight excluding hydrogens is 486 g/mol. The highest BCUT2D eigenvalue weighted by Crippen LogP contribution is 2.42. The maximum Gasteiger partial charge on any atom is 0.239 e. The predicted molar refractivity (Wildman–Crippen MR) is 125 cm³/mol. The first-order valence-corrected chi connectivity index (χ1v) is 14.1. The lowest BCUT2D eigenvalue weighted by Gasteiger charge is -2.27. The van der Waals surface area contributed by atoms with E-state index in [-0.39, 0.29) is 26.8 Å². The Balaban J connectivity index is 1.60. The summed E-state index contributed by atoms with van der Waals surface area (Å²) < 4.78 is 52.4. The minimum Gasteiger partial charge on any atom is -0.314 e. The lowest BCUT2D eigenvalue weighted by atomic mass is 9.99. The molecule has 0 bridgehead atoms. The van der Waals surface area contributed by atoms with Crippen LogP contribution in [0.4, 0.5) is 5.69 Å². The minimum atomic E-state index is -4.14. The van der Waals surface area contributed by atoms with Crippen molar-refractivity contribution in [3.05, 3.63) is 36.4 Å². The number of thioether (sulfide) groups is 1. The van der Waals surface area contributed by atoms with Crippen LogP contribution in [0.25, 0.3) is 22.5 Å². The number of hydrogen-bond donors (Lipinski definition) is 4. The van der Waals surface area contributed by atoms with Crippen molar-refractivity contribution < 1.29 is 16.8 Å². The van der Waals surface area contributed by atoms with E-state index in [1.165, 1.54) is 11.8 Å². The van der Waals surface area contributed by atoms with Crippen molar-refractivity contribution in [2.75, 3.05) is 17.8 Å². The van der Waals surface area contributed by atoms with E-state index in [1.54, 1.807) is 36.4 Å². The third-order valence-electron chi connectivity index (χ3n) is 5.43. The van der Waals surface area contributed by atoms with Gasteiger partial charge in [0, 0.05) is 28.9 Å². The lowest BCUT2D eigenvalue weighted by Crippen LogP contribution is -2.44. The molecule has 2 heterocycles. The first-order valence-electron chi connectivity index (χ1n) is 10.2. The Morgan fingerprint density at radius 2 is 1.76 bits per heavy atom. The molecule has 1 aliphatic heterocycles. The summed E-state index contributed by atoms with van der Waals surface area (Å²) in [6.07, 6.45) is 1.33. The van der Waals surface area contributed by atoms with E-state index in [1.807, 2.05) is 0 Å². The number of primary sulfonamides is 1. The van der Waals surface area contributed by atoms with Gasteiger partial charge in [-0.25, -0.2) is 22.0 Å². The van der Waals surface area contributed by atoms with Gasteiger partial charge in [-0.1, -0.05) is 18.2 Å². The average molecular weight is 508 g/mol. The number of benzene rings is 2. The van der Waals surface area contributed by atoms with Gasteiger partial charge in [-0.3, -0.25) is 4.72 Å². The zero-order valence-corrected chi connectivity index (χ0v) is 19.7. The van der Waals surface area contributed by atoms with Crippen molar-refractivity contribution in [3.63, 3.8) is 0 Å². The molecule has 1 aromatic heterocycles. The number of aromatic nitrogens is 4. The number of H-pyrrole nitrogens is 1. The maximum atomic E-state index is 12.7. The molecule has 1 saturated heterocycles. The molecule has 0 unspecified atom stereocenters. The van der Waals surface area contributed by atoms with Crippen molar-refractivity contribution in [3.8, 4) is 22.5 Å². The van der Waals surface area contributed by atoms with Gasteiger partial charge in [0.25, 0.3) is 0 Å². The van der Waals surface area contributed by atoms with Crippen LogP contribution in [0, 0.1) is 0 Å². The topological polar surface area (TPSA) is 173 Å². The minimum absolute atomic E-state index is 0.0585. The van der Waals surface area contributed by atoms with Gasteiger partial charge in [0.05, 0.1) is 10.8 Å². The fraction of sp³-hybridized carbons (Fsp3) is 0.316. The molecule has 1 saturated carbocycles. The molecule has 2 aromatic carbocycles. The largest absolute Gasteiger partial charge is 0.314 e. The molecule has 2 fully saturated rings. The smallest absolute Gasteiger partial charge is 0.239 e. The number of tetrazole rings is 1. The Morgan fingerprint density at radius 3 is 2.30 bits per heavy atom. The van der Waals surface area contributed by atoms with Crippen LogP contribution in [0.15, 0.2) is 46.2 Å². The molecule has 3 aromatic rings. The second kappa shape index (κ2) is 8.36. The lowest BCUT2D eigenvalue weighted by molar-refractivity contribution is 0.543. The second-order valence-electron chi connectivity index (χ2n) is 7.92. The molecule has 11 nitrogen and oxygen atoms in total. The molecule has 0 amide bonds. The van der Waals surface area contributed by atoms with Crippen LogP contribution in [0.2, 0.25) is 0 Å². The van der Waals surface area contributed by atoms with Crippen LogP contribution < -0.4 is 15.2 Å². The van der Waals surface area contributed by atoms with E-state index >= 15 is 0 Å². The van der Waals surface area contributed by atoms with Gasteiger partial charge in [0.2, 0.25) is 25.9 Å². The SMILES string of the molecule is NS(=O)(=O)c1c(SC2CNC2)ccc(-c2ccc(NS(=O)(=O)C3CC3)cc2)c1-c1nn[nH]n1. The van der Waals surface area contributed by atoms with Gasteiger partial charge in [0.15, 0.2) is 0 Å². The number of anilines is 1. The molecule has 5 rings (SSSR count). The van der Waals surface area contributed by atoms with E-state index in [9.17, 15) is 16.8 Å². The Hall–Kier alpha value is -2.52. The number of sulfonamides is 2. The third-order valence-corrected chi connectivity index (χ3v) is 9.68. The third kappa shape index (κ3) is 4.61. The van der Waals surface area contributed by atoms with Gasteiger partial charge in [-0.05, 0) is 47.4 Å². The standard InChI is InChI=1S/C19H21N7O4S3/c20-32(27,28)18-16(31-13-9-21-10-13)8-7-15(17(18)19-22-25-26-23-19)11-1-3-12(4-2-11)24-33(29,30)14-5-6-14/h1-4,7-8,13-14,21,24H,5-6,9-10H2,(H2,20,27,28)(H,22,23,25,26). The van der Waals surface area contributed by atoms with Crippen molar-refractivity contribution in [2.45, 2.75) is 33.1 Å². The quantitative estimate of drug-likeness (QED) is 0.349. The van der Waals surface area contributed by atoms with E-state index < -0.39 is 20.0 Å². The second-order valence-corrected chi connectivity index (χ2v) is 12.7. The maximum absolute atomic E-state index is 12.7. The highest BCUT2D eigenvalue weighted by molar-refractivity contribution is 8.00. The molecule has 33 heavy (non-hydrogen) atoms. The van der Waals surface area contributed by atoms with Gasteiger partial charge in [-0.2, -0.15) is 5.21 Å². The monoisotopic (exact) mass is 507 g/mol. The molecule has 0 atom stereocenters. The summed E-state index contributed by atoms with van der Waals surface area (Å²) in [4.78, 5) is 0.457. The van der Waals surface area contributed by atoms with Crippen LogP contribution >= 0.6 is 11.8 Å². The summed E-state index contributed by atoms with van der Waals surface area (Å²) in [6, 6.07) is 10.2. The summed E-state index contributed by atoms with van der Waals surface area (Å²) in [5.74, 6) is 0.0988. The molecule has 5 N–H and O–H groups in total. The first-order chi connectivity index (χ1) is 15.7. The van der Waals surface area contributed by atoms with Crippen LogP contribution in [0.3, 0.4) is 0 Å². The van der Waals surface area contributed by atoms with Crippen LogP contribution in [0.1, 0.15) is 12.8 Å². The zero-order chi connectivity index (χ0) is 23.2. The van der Waals surface area contributed by atoms with Crippen LogP contribution in [-0.2, 0) is 20.0 Å². The normalized spacial score (nSPS) is 17.0. The number of rotatable bonds is 8. The van der Waals surface area contributed by atoms with Crippen LogP contribution in [-0.4, -0.2) is 61.0 Å². The van der Waals surface area contributed by atoms with Gasteiger partial charge in [0.1, 0.15) is 4.90 Å². The van der Waals surface area contributed by atoms with E-state index in [2.05, 4.69) is 30.7 Å². The van der Waals surface area contributed by atoms with Gasteiger partial charge < -0.3 is 5.32 Å². The Kier molecular flexibility index (Phi) is 5.64. The molecule has 14 heteroatoms. The molecule has 0 radical (unpaired) electrons. The van der Waals surface area contributed by atoms with Crippen molar-refractivity contribution >= 4 is 37.5 Å². The number of nitrogens with one attached hydrogen (secondary N) is 3. The summed E-state index contributed by atoms with van der Waals surface area (Å²) in [5.41, 5.74) is 1.86. The van der Waals surface area contributed by atoms with Crippen LogP contribution in [0.5, 0.6) is 0 Å². The van der Waals surface area contributed by atoms with Crippen molar-refractivity contribution in [1.29, 1.82) is 0 Å². The molecule has 174 valence electrons. The highest BCUT2D eigenvalue weighted by Gasteiger charge is 2.35. The van der Waals surface area contributed by atoms with Crippen molar-refractivity contribution in [2.24, 2.45) is 5.14 Å². The molecule has 0 spiro atoms. The Labute approximate surface area is 195 Å². The predicted octanol–water partition coefficient (Wildman–Crippen LogP) is 1.15. The van der Waals surface area contributed by atoms with Gasteiger partial charge >= 0.3 is 0 Å². The summed E-state index contributed by atoms with van der Waals surface area (Å²) in [7, 11) is -7.53. The average Bonchev–Trinajstić information content (AvgIpc) is 3.46. The first kappa shape index (κ1) is 22.3. The molecular formula is C19H21N7O4S3. The highest BCUT2D eigenvalue weighted by atomic mass is 32.2. The molecule has 2 aliphatic rings. The number of hydrogen-bond acceptors (Lipinski definition) is 9. The number of aromatic amines is 1. The van der Waals surface area contributed by atoms with E-state index in [0.29, 0.717) is 34.6 Å². The summed E-state index contributed by atoms with van der Waals surface area (Å²) in [6.45, 7) is 1.54. The summed E-state index contributed by atoms with van der Waals surface area (Å²) >= 11 is 1.43. The zero-order valence-electron chi connectivity index (χ0n) is 17.2. The fourth-order valence-corrected chi connectivity index (χ4v) is 7.37. The van der Waals surface area contributed by atoms with Crippen molar-refractivity contribution in [1.82, 2.24) is 25.9 Å². The molecule has 1 aliphatic carbocycles. The number of nitrogens with zero attached hydrogens (tertiary/aromatic N) is 3. The van der Waals surface area contributed by atoms with E-state index in [4.69, 9.17) is 5.14 Å². The Morgan fingerprint density at radius 1 is 1.03 bits per heavy atom. The van der Waals surface area contributed by atoms with Gasteiger partial charge in [-0.15, -0.1) is 22.0 Å². The number of nitrogens with two attached hydrogens (primary N) is 1.